The van der Waals surface area contributed by atoms with Gasteiger partial charge in [-0.2, -0.15) is 0 Å². The molecule has 0 bridgehead atoms. The van der Waals surface area contributed by atoms with Crippen LogP contribution in [0.4, 0.5) is 5.69 Å². The van der Waals surface area contributed by atoms with Gasteiger partial charge in [-0.05, 0) is 31.5 Å². The first-order valence-corrected chi connectivity index (χ1v) is 9.28. The third-order valence-corrected chi connectivity index (χ3v) is 5.19. The van der Waals surface area contributed by atoms with Crippen molar-refractivity contribution in [3.8, 4) is 0 Å². The molecule has 24 heavy (non-hydrogen) atoms. The number of likely N-dealkylation sites (N-methyl/N-ethyl adjacent to an activating group) is 1. The number of hydrogen-bond donors (Lipinski definition) is 1. The minimum atomic E-state index is 0.291. The molecule has 0 radical (unpaired) electrons. The van der Waals surface area contributed by atoms with Crippen LogP contribution in [-0.2, 0) is 4.79 Å². The molecule has 2 heterocycles. The zero-order valence-electron chi connectivity index (χ0n) is 14.8. The number of piperidine rings is 1. The van der Waals surface area contributed by atoms with Gasteiger partial charge in [-0.1, -0.05) is 25.1 Å². The van der Waals surface area contributed by atoms with Gasteiger partial charge in [0.15, 0.2) is 0 Å². The molecular formula is C19H30N4O. The van der Waals surface area contributed by atoms with Crippen LogP contribution < -0.4 is 5.32 Å². The second-order valence-electron chi connectivity index (χ2n) is 6.90. The second-order valence-corrected chi connectivity index (χ2v) is 6.90. The quantitative estimate of drug-likeness (QED) is 0.892. The average Bonchev–Trinajstić information content (AvgIpc) is 2.63. The number of benzene rings is 1. The normalized spacial score (nSPS) is 23.2. The van der Waals surface area contributed by atoms with Crippen molar-refractivity contribution in [3.05, 3.63) is 30.3 Å². The highest BCUT2D eigenvalue weighted by Gasteiger charge is 2.26. The summed E-state index contributed by atoms with van der Waals surface area (Å²) in [4.78, 5) is 19.5. The molecule has 2 fully saturated rings. The van der Waals surface area contributed by atoms with Crippen molar-refractivity contribution in [2.75, 3.05) is 57.7 Å². The summed E-state index contributed by atoms with van der Waals surface area (Å²) >= 11 is 0. The number of nitrogens with one attached hydrogen (secondary N) is 1. The van der Waals surface area contributed by atoms with Crippen LogP contribution in [0.5, 0.6) is 0 Å². The maximum Gasteiger partial charge on any atom is 0.236 e. The maximum absolute atomic E-state index is 12.7. The number of carbonyl (C=O) groups excluding carboxylic acids is 1. The van der Waals surface area contributed by atoms with Gasteiger partial charge >= 0.3 is 0 Å². The largest absolute Gasteiger partial charge is 0.381 e. The number of carbonyl (C=O) groups is 1. The molecular weight excluding hydrogens is 300 g/mol. The topological polar surface area (TPSA) is 38.8 Å². The number of nitrogens with zero attached hydrogens (tertiary/aromatic N) is 3. The molecule has 2 aliphatic rings. The van der Waals surface area contributed by atoms with Crippen molar-refractivity contribution < 1.29 is 4.79 Å². The van der Waals surface area contributed by atoms with Crippen LogP contribution in [0.25, 0.3) is 0 Å². The molecule has 132 valence electrons. The van der Waals surface area contributed by atoms with Crippen LogP contribution in [0.1, 0.15) is 19.8 Å². The Morgan fingerprint density at radius 1 is 1.08 bits per heavy atom. The summed E-state index contributed by atoms with van der Waals surface area (Å²) in [7, 11) is 0. The Balaban J connectivity index is 1.46. The number of hydrogen-bond acceptors (Lipinski definition) is 4. The Morgan fingerprint density at radius 3 is 2.50 bits per heavy atom. The van der Waals surface area contributed by atoms with E-state index in [-0.39, 0.29) is 0 Å². The van der Waals surface area contributed by atoms with E-state index in [4.69, 9.17) is 0 Å². The van der Waals surface area contributed by atoms with E-state index in [2.05, 4.69) is 39.1 Å². The molecule has 1 amide bonds. The fourth-order valence-electron chi connectivity index (χ4n) is 3.65. The predicted molar refractivity (Wildman–Crippen MR) is 98.2 cm³/mol. The van der Waals surface area contributed by atoms with E-state index in [1.54, 1.807) is 0 Å². The van der Waals surface area contributed by atoms with E-state index in [1.807, 2.05) is 18.2 Å². The van der Waals surface area contributed by atoms with E-state index in [0.717, 1.165) is 64.3 Å². The Labute approximate surface area is 145 Å². The van der Waals surface area contributed by atoms with Crippen LogP contribution in [0.15, 0.2) is 30.3 Å². The summed E-state index contributed by atoms with van der Waals surface area (Å²) in [6, 6.07) is 10.7. The lowest BCUT2D eigenvalue weighted by Crippen LogP contribution is -2.52. The number of rotatable bonds is 5. The lowest BCUT2D eigenvalue weighted by molar-refractivity contribution is -0.133. The molecule has 5 nitrogen and oxygen atoms in total. The molecule has 0 aliphatic carbocycles. The molecule has 1 atom stereocenters. The third kappa shape index (κ3) is 4.71. The monoisotopic (exact) mass is 330 g/mol. The zero-order chi connectivity index (χ0) is 16.8. The number of likely N-dealkylation sites (tertiary alicyclic amines) is 1. The van der Waals surface area contributed by atoms with Gasteiger partial charge in [0.2, 0.25) is 5.91 Å². The maximum atomic E-state index is 12.7. The first-order valence-electron chi connectivity index (χ1n) is 9.28. The van der Waals surface area contributed by atoms with Crippen molar-refractivity contribution in [1.29, 1.82) is 0 Å². The minimum Gasteiger partial charge on any atom is -0.381 e. The van der Waals surface area contributed by atoms with Gasteiger partial charge in [-0.15, -0.1) is 0 Å². The summed E-state index contributed by atoms with van der Waals surface area (Å²) in [5.74, 6) is 0.291. The number of anilines is 1. The first kappa shape index (κ1) is 17.2. The van der Waals surface area contributed by atoms with Crippen LogP contribution in [0.2, 0.25) is 0 Å². The van der Waals surface area contributed by atoms with Crippen molar-refractivity contribution in [2.45, 2.75) is 25.8 Å². The van der Waals surface area contributed by atoms with Crippen LogP contribution in [0.3, 0.4) is 0 Å². The molecule has 2 saturated heterocycles. The standard InChI is InChI=1S/C19H30N4O/c1-2-21-11-13-22(14-12-21)16-19(24)23-10-6-9-18(15-23)20-17-7-4-3-5-8-17/h3-5,7-8,18,20H,2,6,9-16H2,1H3. The lowest BCUT2D eigenvalue weighted by atomic mass is 10.0. The minimum absolute atomic E-state index is 0.291. The van der Waals surface area contributed by atoms with E-state index >= 15 is 0 Å². The highest BCUT2D eigenvalue weighted by molar-refractivity contribution is 5.78. The zero-order valence-corrected chi connectivity index (χ0v) is 14.8. The molecule has 1 unspecified atom stereocenters. The van der Waals surface area contributed by atoms with Gasteiger partial charge in [0.1, 0.15) is 0 Å². The van der Waals surface area contributed by atoms with Crippen LogP contribution >= 0.6 is 0 Å². The summed E-state index contributed by atoms with van der Waals surface area (Å²) in [6.07, 6.45) is 2.22. The van der Waals surface area contributed by atoms with Crippen LogP contribution in [0, 0.1) is 0 Å². The Bertz CT molecular complexity index is 513. The summed E-state index contributed by atoms with van der Waals surface area (Å²) in [5, 5.41) is 3.57. The summed E-state index contributed by atoms with van der Waals surface area (Å²) in [6.45, 7) is 9.82. The van der Waals surface area contributed by atoms with Gasteiger partial charge in [0, 0.05) is 51.0 Å². The Kier molecular flexibility index (Phi) is 6.10. The fraction of sp³-hybridized carbons (Fsp3) is 0.632. The van der Waals surface area contributed by atoms with E-state index in [0.29, 0.717) is 18.5 Å². The second kappa shape index (κ2) is 8.49. The number of amides is 1. The van der Waals surface area contributed by atoms with E-state index in [9.17, 15) is 4.79 Å². The number of para-hydroxylation sites is 1. The molecule has 2 aliphatic heterocycles. The smallest absolute Gasteiger partial charge is 0.236 e. The Morgan fingerprint density at radius 2 is 1.79 bits per heavy atom. The highest BCUT2D eigenvalue weighted by Crippen LogP contribution is 2.16. The predicted octanol–water partition coefficient (Wildman–Crippen LogP) is 1.73. The molecule has 1 aromatic carbocycles. The van der Waals surface area contributed by atoms with Gasteiger partial charge in [0.25, 0.3) is 0 Å². The van der Waals surface area contributed by atoms with E-state index < -0.39 is 0 Å². The van der Waals surface area contributed by atoms with Crippen molar-refractivity contribution in [3.63, 3.8) is 0 Å². The molecule has 1 aromatic rings. The fourth-order valence-corrected chi connectivity index (χ4v) is 3.65. The van der Waals surface area contributed by atoms with Gasteiger partial charge in [-0.25, -0.2) is 0 Å². The molecule has 1 N–H and O–H groups in total. The summed E-state index contributed by atoms with van der Waals surface area (Å²) in [5.41, 5.74) is 1.15. The molecule has 5 heteroatoms. The third-order valence-electron chi connectivity index (χ3n) is 5.19. The van der Waals surface area contributed by atoms with E-state index in [1.165, 1.54) is 0 Å². The van der Waals surface area contributed by atoms with Gasteiger partial charge in [0.05, 0.1) is 6.54 Å². The lowest BCUT2D eigenvalue weighted by Gasteiger charge is -2.37. The average molecular weight is 330 g/mol. The first-order chi connectivity index (χ1) is 11.7. The highest BCUT2D eigenvalue weighted by atomic mass is 16.2. The molecule has 3 rings (SSSR count). The number of piperazine rings is 1. The van der Waals surface area contributed by atoms with Gasteiger partial charge in [-0.3, -0.25) is 9.69 Å². The van der Waals surface area contributed by atoms with Crippen molar-refractivity contribution in [2.24, 2.45) is 0 Å². The van der Waals surface area contributed by atoms with Gasteiger partial charge < -0.3 is 15.1 Å². The summed E-state index contributed by atoms with van der Waals surface area (Å²) < 4.78 is 0. The Hall–Kier alpha value is -1.59. The van der Waals surface area contributed by atoms with Crippen molar-refractivity contribution in [1.82, 2.24) is 14.7 Å². The SMILES string of the molecule is CCN1CCN(CC(=O)N2CCCC(Nc3ccccc3)C2)CC1. The molecule has 0 aromatic heterocycles. The van der Waals surface area contributed by atoms with Crippen molar-refractivity contribution >= 4 is 11.6 Å². The molecule has 0 spiro atoms. The van der Waals surface area contributed by atoms with Crippen LogP contribution in [-0.4, -0.2) is 79.0 Å². The molecule has 0 saturated carbocycles.